The maximum atomic E-state index is 5.93. The maximum Gasteiger partial charge on any atom is 0.158 e. The van der Waals surface area contributed by atoms with Gasteiger partial charge in [0.2, 0.25) is 0 Å². The number of hydrogen-bond donors (Lipinski definition) is 2. The molecule has 0 bridgehead atoms. The number of hydrogen-bond acceptors (Lipinski definition) is 3. The molecule has 0 saturated heterocycles. The first-order valence-corrected chi connectivity index (χ1v) is 5.56. The summed E-state index contributed by atoms with van der Waals surface area (Å²) in [5.74, 6) is 0.861. The fourth-order valence-corrected chi connectivity index (χ4v) is 2.17. The zero-order valence-corrected chi connectivity index (χ0v) is 9.27. The van der Waals surface area contributed by atoms with Crippen molar-refractivity contribution in [2.45, 2.75) is 25.3 Å². The molecule has 0 spiro atoms. The van der Waals surface area contributed by atoms with E-state index in [0.717, 1.165) is 36.5 Å². The van der Waals surface area contributed by atoms with E-state index in [9.17, 15) is 0 Å². The van der Waals surface area contributed by atoms with Crippen LogP contribution in [0.4, 0.5) is 0 Å². The van der Waals surface area contributed by atoms with Crippen molar-refractivity contribution in [1.29, 1.82) is 0 Å². The van der Waals surface area contributed by atoms with Crippen LogP contribution < -0.4 is 5.73 Å². The lowest BCUT2D eigenvalue weighted by atomic mass is 9.97. The highest BCUT2D eigenvalue weighted by atomic mass is 15.3. The minimum atomic E-state index is 0.268. The Kier molecular flexibility index (Phi) is 2.07. The van der Waals surface area contributed by atoms with Gasteiger partial charge in [0, 0.05) is 31.4 Å². The number of aromatic amines is 1. The van der Waals surface area contributed by atoms with Crippen LogP contribution in [0.2, 0.25) is 0 Å². The summed E-state index contributed by atoms with van der Waals surface area (Å²) in [6.07, 6.45) is 4.82. The van der Waals surface area contributed by atoms with E-state index in [0.29, 0.717) is 0 Å². The number of nitrogens with one attached hydrogen (secondary N) is 1. The Morgan fingerprint density at radius 3 is 3.19 bits per heavy atom. The molecule has 0 saturated carbocycles. The summed E-state index contributed by atoms with van der Waals surface area (Å²) in [5, 5.41) is 4.34. The van der Waals surface area contributed by atoms with Gasteiger partial charge in [-0.2, -0.15) is 5.10 Å². The lowest BCUT2D eigenvalue weighted by molar-refractivity contribution is 0.565. The van der Waals surface area contributed by atoms with Crippen molar-refractivity contribution >= 4 is 0 Å². The first-order valence-electron chi connectivity index (χ1n) is 5.56. The molecule has 84 valence electrons. The van der Waals surface area contributed by atoms with E-state index < -0.39 is 0 Å². The highest BCUT2D eigenvalue weighted by Gasteiger charge is 2.20. The highest BCUT2D eigenvalue weighted by molar-refractivity contribution is 5.50. The van der Waals surface area contributed by atoms with E-state index in [4.69, 9.17) is 5.73 Å². The lowest BCUT2D eigenvalue weighted by Crippen LogP contribution is -2.27. The van der Waals surface area contributed by atoms with E-state index in [1.807, 2.05) is 19.3 Å². The van der Waals surface area contributed by atoms with Gasteiger partial charge in [-0.05, 0) is 18.9 Å². The van der Waals surface area contributed by atoms with Crippen LogP contribution in [0.25, 0.3) is 11.5 Å². The Balaban J connectivity index is 1.98. The largest absolute Gasteiger partial charge is 0.340 e. The van der Waals surface area contributed by atoms with Crippen LogP contribution in [0.5, 0.6) is 0 Å². The molecule has 1 aliphatic carbocycles. The van der Waals surface area contributed by atoms with Gasteiger partial charge in [0.15, 0.2) is 5.82 Å². The van der Waals surface area contributed by atoms with Gasteiger partial charge in [0.05, 0.1) is 5.69 Å². The smallest absolute Gasteiger partial charge is 0.158 e. The van der Waals surface area contributed by atoms with Crippen molar-refractivity contribution in [3.05, 3.63) is 23.7 Å². The van der Waals surface area contributed by atoms with Gasteiger partial charge in [-0.25, -0.2) is 4.98 Å². The Labute approximate surface area is 93.7 Å². The molecule has 2 aromatic rings. The molecular formula is C11H15N5. The number of nitrogens with two attached hydrogens (primary N) is 1. The molecule has 1 aliphatic rings. The van der Waals surface area contributed by atoms with Gasteiger partial charge in [-0.15, -0.1) is 0 Å². The van der Waals surface area contributed by atoms with Gasteiger partial charge in [0.25, 0.3) is 0 Å². The van der Waals surface area contributed by atoms with Crippen molar-refractivity contribution in [2.24, 2.45) is 12.8 Å². The average molecular weight is 217 g/mol. The second kappa shape index (κ2) is 3.45. The van der Waals surface area contributed by atoms with Crippen molar-refractivity contribution < 1.29 is 0 Å². The van der Waals surface area contributed by atoms with Gasteiger partial charge in [-0.1, -0.05) is 0 Å². The Morgan fingerprint density at radius 2 is 2.44 bits per heavy atom. The number of nitrogens with zero attached hydrogens (tertiary/aromatic N) is 3. The summed E-state index contributed by atoms with van der Waals surface area (Å²) >= 11 is 0. The predicted octanol–water partition coefficient (Wildman–Crippen LogP) is 0.626. The van der Waals surface area contributed by atoms with Crippen LogP contribution in [0, 0.1) is 0 Å². The second-order valence-corrected chi connectivity index (χ2v) is 4.39. The molecule has 0 fully saturated rings. The molecule has 0 amide bonds. The number of rotatable bonds is 1. The fraction of sp³-hybridized carbons (Fsp3) is 0.455. The van der Waals surface area contributed by atoms with Crippen molar-refractivity contribution in [1.82, 2.24) is 19.7 Å². The first-order chi connectivity index (χ1) is 7.72. The molecule has 3 N–H and O–H groups in total. The number of imidazole rings is 1. The van der Waals surface area contributed by atoms with Crippen molar-refractivity contribution in [3.8, 4) is 11.5 Å². The fourth-order valence-electron chi connectivity index (χ4n) is 2.17. The molecule has 16 heavy (non-hydrogen) atoms. The Hall–Kier alpha value is -1.62. The second-order valence-electron chi connectivity index (χ2n) is 4.39. The minimum Gasteiger partial charge on any atom is -0.340 e. The molecule has 1 atom stereocenters. The molecule has 5 heteroatoms. The van der Waals surface area contributed by atoms with E-state index in [-0.39, 0.29) is 6.04 Å². The van der Waals surface area contributed by atoms with Crippen LogP contribution in [0.15, 0.2) is 12.3 Å². The van der Waals surface area contributed by atoms with E-state index in [1.165, 1.54) is 5.69 Å². The molecule has 1 unspecified atom stereocenters. The third-order valence-corrected chi connectivity index (χ3v) is 3.04. The molecule has 2 aromatic heterocycles. The van der Waals surface area contributed by atoms with Crippen LogP contribution in [0.1, 0.15) is 17.8 Å². The van der Waals surface area contributed by atoms with Gasteiger partial charge in [0.1, 0.15) is 5.69 Å². The third-order valence-electron chi connectivity index (χ3n) is 3.04. The predicted molar refractivity (Wildman–Crippen MR) is 60.8 cm³/mol. The monoisotopic (exact) mass is 217 g/mol. The quantitative estimate of drug-likeness (QED) is 0.735. The van der Waals surface area contributed by atoms with Crippen molar-refractivity contribution in [3.63, 3.8) is 0 Å². The van der Waals surface area contributed by atoms with Crippen molar-refractivity contribution in [2.75, 3.05) is 0 Å². The van der Waals surface area contributed by atoms with Crippen LogP contribution in [-0.4, -0.2) is 25.8 Å². The number of aryl methyl sites for hydroxylation is 2. The minimum absolute atomic E-state index is 0.268. The number of H-pyrrole nitrogens is 1. The van der Waals surface area contributed by atoms with Crippen LogP contribution in [0.3, 0.4) is 0 Å². The summed E-state index contributed by atoms with van der Waals surface area (Å²) in [5.41, 5.74) is 9.16. The molecule has 3 rings (SSSR count). The number of fused-ring (bicyclic) bond motifs is 1. The zero-order valence-electron chi connectivity index (χ0n) is 9.27. The lowest BCUT2D eigenvalue weighted by Gasteiger charge is -2.15. The van der Waals surface area contributed by atoms with Gasteiger partial charge < -0.3 is 10.7 Å². The summed E-state index contributed by atoms with van der Waals surface area (Å²) < 4.78 is 1.78. The summed E-state index contributed by atoms with van der Waals surface area (Å²) in [6.45, 7) is 0. The summed E-state index contributed by atoms with van der Waals surface area (Å²) in [4.78, 5) is 7.91. The van der Waals surface area contributed by atoms with Gasteiger partial charge in [-0.3, -0.25) is 4.68 Å². The van der Waals surface area contributed by atoms with E-state index in [2.05, 4.69) is 15.1 Å². The topological polar surface area (TPSA) is 72.5 Å². The van der Waals surface area contributed by atoms with Crippen LogP contribution >= 0.6 is 0 Å². The van der Waals surface area contributed by atoms with Gasteiger partial charge >= 0.3 is 0 Å². The summed E-state index contributed by atoms with van der Waals surface area (Å²) in [7, 11) is 1.91. The van der Waals surface area contributed by atoms with Crippen LogP contribution in [-0.2, 0) is 19.9 Å². The number of aromatic nitrogens is 4. The Morgan fingerprint density at radius 1 is 1.56 bits per heavy atom. The van der Waals surface area contributed by atoms with E-state index in [1.54, 1.807) is 4.68 Å². The molecule has 0 aliphatic heterocycles. The highest BCUT2D eigenvalue weighted by Crippen LogP contribution is 2.22. The molecule has 0 aromatic carbocycles. The molecule has 0 radical (unpaired) electrons. The maximum absolute atomic E-state index is 5.93. The van der Waals surface area contributed by atoms with E-state index >= 15 is 0 Å². The molecular weight excluding hydrogens is 202 g/mol. The molecule has 5 nitrogen and oxygen atoms in total. The SMILES string of the molecule is Cn1ccc(-c2nc3c([nH]2)CC(N)CC3)n1. The third kappa shape index (κ3) is 1.53. The molecule has 2 heterocycles. The normalized spacial score (nSPS) is 19.8. The standard InChI is InChI=1S/C11H15N5/c1-16-5-4-9(15-16)11-13-8-3-2-7(12)6-10(8)14-11/h4-5,7H,2-3,6,12H2,1H3,(H,13,14). The average Bonchev–Trinajstić information content (AvgIpc) is 2.83. The Bertz CT molecular complexity index is 510. The first kappa shape index (κ1) is 9.59. The summed E-state index contributed by atoms with van der Waals surface area (Å²) in [6, 6.07) is 2.23. The zero-order chi connectivity index (χ0) is 11.1.